The van der Waals surface area contributed by atoms with Crippen molar-refractivity contribution < 1.29 is 8.78 Å². The van der Waals surface area contributed by atoms with E-state index in [1.807, 2.05) is 0 Å². The van der Waals surface area contributed by atoms with Crippen molar-refractivity contribution in [3.8, 4) is 0 Å². The summed E-state index contributed by atoms with van der Waals surface area (Å²) in [5.74, 6) is 0.162. The Morgan fingerprint density at radius 3 is 2.38 bits per heavy atom. The van der Waals surface area contributed by atoms with Crippen LogP contribution in [-0.4, -0.2) is 14.8 Å². The summed E-state index contributed by atoms with van der Waals surface area (Å²) in [5.41, 5.74) is 0. The molecular formula is C7H10ClF2N3. The summed E-state index contributed by atoms with van der Waals surface area (Å²) in [4.78, 5) is 0. The number of halogens is 3. The molecule has 0 bridgehead atoms. The second-order valence-corrected chi connectivity index (χ2v) is 3.14. The summed E-state index contributed by atoms with van der Waals surface area (Å²) >= 11 is 5.53. The van der Waals surface area contributed by atoms with Crippen LogP contribution in [0.1, 0.15) is 38.0 Å². The lowest BCUT2D eigenvalue weighted by atomic mass is 10.3. The molecule has 1 heterocycles. The molecule has 0 atom stereocenters. The fourth-order valence-corrected chi connectivity index (χ4v) is 1.32. The Bertz CT molecular complexity index is 285. The molecule has 0 spiro atoms. The molecule has 0 unspecified atom stereocenters. The summed E-state index contributed by atoms with van der Waals surface area (Å²) in [6, 6.07) is -0.104. The van der Waals surface area contributed by atoms with E-state index in [1.165, 1.54) is 4.57 Å². The Balaban J connectivity index is 3.14. The predicted molar refractivity (Wildman–Crippen MR) is 44.9 cm³/mol. The highest BCUT2D eigenvalue weighted by Crippen LogP contribution is 2.22. The van der Waals surface area contributed by atoms with Gasteiger partial charge in [0.15, 0.2) is 5.82 Å². The van der Waals surface area contributed by atoms with Crippen LogP contribution in [0.3, 0.4) is 0 Å². The fourth-order valence-electron chi connectivity index (χ4n) is 1.14. The van der Waals surface area contributed by atoms with Gasteiger partial charge in [0.25, 0.3) is 6.43 Å². The van der Waals surface area contributed by atoms with Crippen molar-refractivity contribution in [2.45, 2.75) is 32.2 Å². The van der Waals surface area contributed by atoms with Crippen LogP contribution in [0.15, 0.2) is 0 Å². The number of aromatic nitrogens is 3. The summed E-state index contributed by atoms with van der Waals surface area (Å²) < 4.78 is 26.1. The maximum absolute atomic E-state index is 12.4. The third-order valence-corrected chi connectivity index (χ3v) is 1.86. The van der Waals surface area contributed by atoms with E-state index in [9.17, 15) is 8.78 Å². The van der Waals surface area contributed by atoms with Gasteiger partial charge in [-0.1, -0.05) is 0 Å². The van der Waals surface area contributed by atoms with Gasteiger partial charge < -0.3 is 4.57 Å². The monoisotopic (exact) mass is 209 g/mol. The molecule has 13 heavy (non-hydrogen) atoms. The molecule has 0 saturated carbocycles. The van der Waals surface area contributed by atoms with E-state index in [2.05, 4.69) is 10.2 Å². The lowest BCUT2D eigenvalue weighted by molar-refractivity contribution is 0.133. The zero-order valence-electron chi connectivity index (χ0n) is 7.34. The van der Waals surface area contributed by atoms with E-state index in [-0.39, 0.29) is 17.7 Å². The van der Waals surface area contributed by atoms with Crippen molar-refractivity contribution in [2.24, 2.45) is 0 Å². The summed E-state index contributed by atoms with van der Waals surface area (Å²) in [6.07, 6.45) is -2.60. The second-order valence-electron chi connectivity index (χ2n) is 2.87. The molecule has 0 aliphatic carbocycles. The van der Waals surface area contributed by atoms with Crippen molar-refractivity contribution >= 4 is 11.6 Å². The van der Waals surface area contributed by atoms with Crippen LogP contribution in [0.5, 0.6) is 0 Å². The average Bonchev–Trinajstić information content (AvgIpc) is 2.46. The molecule has 0 aromatic carbocycles. The quantitative estimate of drug-likeness (QED) is 0.717. The smallest absolute Gasteiger partial charge is 0.297 e. The SMILES string of the molecule is CC(C)n1c(CCl)nnc1C(F)F. The minimum Gasteiger partial charge on any atom is -0.307 e. The molecule has 1 rings (SSSR count). The van der Waals surface area contributed by atoms with E-state index >= 15 is 0 Å². The highest BCUT2D eigenvalue weighted by Gasteiger charge is 2.20. The number of hydrogen-bond acceptors (Lipinski definition) is 2. The average molecular weight is 210 g/mol. The van der Waals surface area contributed by atoms with Crippen LogP contribution in [0, 0.1) is 0 Å². The predicted octanol–water partition coefficient (Wildman–Crippen LogP) is 2.54. The molecule has 1 aromatic heterocycles. The van der Waals surface area contributed by atoms with Crippen LogP contribution in [-0.2, 0) is 5.88 Å². The van der Waals surface area contributed by atoms with Crippen LogP contribution in [0.4, 0.5) is 8.78 Å². The van der Waals surface area contributed by atoms with Gasteiger partial charge in [-0.25, -0.2) is 8.78 Å². The van der Waals surface area contributed by atoms with Gasteiger partial charge in [0.05, 0.1) is 5.88 Å². The molecule has 0 aliphatic rings. The Hall–Kier alpha value is -0.710. The lowest BCUT2D eigenvalue weighted by Gasteiger charge is -2.11. The highest BCUT2D eigenvalue weighted by molar-refractivity contribution is 6.16. The van der Waals surface area contributed by atoms with Crippen molar-refractivity contribution in [1.29, 1.82) is 0 Å². The van der Waals surface area contributed by atoms with Crippen LogP contribution in [0.2, 0.25) is 0 Å². The number of nitrogens with zero attached hydrogens (tertiary/aromatic N) is 3. The van der Waals surface area contributed by atoms with E-state index in [0.717, 1.165) is 0 Å². The lowest BCUT2D eigenvalue weighted by Crippen LogP contribution is -2.09. The summed E-state index contributed by atoms with van der Waals surface area (Å²) in [5, 5.41) is 6.96. The van der Waals surface area contributed by atoms with Crippen molar-refractivity contribution in [1.82, 2.24) is 14.8 Å². The van der Waals surface area contributed by atoms with E-state index < -0.39 is 6.43 Å². The third-order valence-electron chi connectivity index (χ3n) is 1.62. The number of alkyl halides is 3. The van der Waals surface area contributed by atoms with Crippen molar-refractivity contribution in [3.63, 3.8) is 0 Å². The molecule has 1 aromatic rings. The zero-order chi connectivity index (χ0) is 10.0. The molecule has 0 aliphatic heterocycles. The first-order chi connectivity index (χ1) is 6.07. The summed E-state index contributed by atoms with van der Waals surface area (Å²) in [7, 11) is 0. The minimum atomic E-state index is -2.60. The topological polar surface area (TPSA) is 30.7 Å². The first-order valence-electron chi connectivity index (χ1n) is 3.85. The van der Waals surface area contributed by atoms with E-state index in [4.69, 9.17) is 11.6 Å². The Morgan fingerprint density at radius 2 is 2.00 bits per heavy atom. The number of rotatable bonds is 3. The fraction of sp³-hybridized carbons (Fsp3) is 0.714. The van der Waals surface area contributed by atoms with Crippen molar-refractivity contribution in [3.05, 3.63) is 11.6 Å². The van der Waals surface area contributed by atoms with Crippen LogP contribution < -0.4 is 0 Å². The molecule has 6 heteroatoms. The number of hydrogen-bond donors (Lipinski definition) is 0. The highest BCUT2D eigenvalue weighted by atomic mass is 35.5. The maximum atomic E-state index is 12.4. The molecule has 0 amide bonds. The van der Waals surface area contributed by atoms with Crippen molar-refractivity contribution in [2.75, 3.05) is 0 Å². The van der Waals surface area contributed by atoms with Gasteiger partial charge in [-0.2, -0.15) is 0 Å². The second kappa shape index (κ2) is 4.00. The van der Waals surface area contributed by atoms with Gasteiger partial charge >= 0.3 is 0 Å². The van der Waals surface area contributed by atoms with Crippen LogP contribution >= 0.6 is 11.6 Å². The maximum Gasteiger partial charge on any atom is 0.297 e. The molecule has 0 radical (unpaired) electrons. The van der Waals surface area contributed by atoms with E-state index in [0.29, 0.717) is 5.82 Å². The van der Waals surface area contributed by atoms with Gasteiger partial charge in [-0.05, 0) is 13.8 Å². The molecule has 3 nitrogen and oxygen atoms in total. The van der Waals surface area contributed by atoms with E-state index in [1.54, 1.807) is 13.8 Å². The largest absolute Gasteiger partial charge is 0.307 e. The van der Waals surface area contributed by atoms with Gasteiger partial charge in [0, 0.05) is 6.04 Å². The molecular weight excluding hydrogens is 200 g/mol. The Kier molecular flexibility index (Phi) is 3.19. The summed E-state index contributed by atoms with van der Waals surface area (Å²) in [6.45, 7) is 3.57. The van der Waals surface area contributed by atoms with Gasteiger partial charge in [-0.15, -0.1) is 21.8 Å². The first kappa shape index (κ1) is 10.4. The molecule has 0 N–H and O–H groups in total. The Morgan fingerprint density at radius 1 is 1.38 bits per heavy atom. The standard InChI is InChI=1S/C7H10ClF2N3/c1-4(2)13-5(3-8)11-12-7(13)6(9)10/h4,6H,3H2,1-2H3. The van der Waals surface area contributed by atoms with Crippen LogP contribution in [0.25, 0.3) is 0 Å². The zero-order valence-corrected chi connectivity index (χ0v) is 8.09. The Labute approximate surface area is 79.7 Å². The molecule has 0 fully saturated rings. The van der Waals surface area contributed by atoms with Gasteiger partial charge in [0.2, 0.25) is 0 Å². The van der Waals surface area contributed by atoms with Gasteiger partial charge in [-0.3, -0.25) is 0 Å². The van der Waals surface area contributed by atoms with Gasteiger partial charge in [0.1, 0.15) is 5.82 Å². The normalized spacial score (nSPS) is 11.6. The molecule has 74 valence electrons. The first-order valence-corrected chi connectivity index (χ1v) is 4.39. The minimum absolute atomic E-state index is 0.0951. The molecule has 0 saturated heterocycles. The third kappa shape index (κ3) is 1.96.